The van der Waals surface area contributed by atoms with E-state index < -0.39 is 0 Å². The SMILES string of the molecule is CC(Nc1ccc2[nH]c(=O)[nH]c2c1)c1nnnn1-c1ccccc1. The maximum Gasteiger partial charge on any atom is 0.323 e. The summed E-state index contributed by atoms with van der Waals surface area (Å²) in [4.78, 5) is 16.8. The number of anilines is 1. The number of nitrogens with zero attached hydrogens (tertiary/aromatic N) is 4. The van der Waals surface area contributed by atoms with Crippen LogP contribution in [0.25, 0.3) is 16.7 Å². The summed E-state index contributed by atoms with van der Waals surface area (Å²) < 4.78 is 1.70. The van der Waals surface area contributed by atoms with E-state index in [1.54, 1.807) is 4.68 Å². The average molecular weight is 321 g/mol. The van der Waals surface area contributed by atoms with Crippen LogP contribution in [0.4, 0.5) is 5.69 Å². The van der Waals surface area contributed by atoms with Gasteiger partial charge in [0.1, 0.15) is 0 Å². The molecule has 4 aromatic rings. The normalized spacial score (nSPS) is 12.4. The van der Waals surface area contributed by atoms with Gasteiger partial charge in [-0.15, -0.1) is 5.10 Å². The smallest absolute Gasteiger partial charge is 0.323 e. The number of nitrogens with one attached hydrogen (secondary N) is 3. The Morgan fingerprint density at radius 1 is 1.08 bits per heavy atom. The second kappa shape index (κ2) is 5.65. The second-order valence-electron chi connectivity index (χ2n) is 5.49. The fourth-order valence-corrected chi connectivity index (χ4v) is 2.65. The number of aromatic nitrogens is 6. The minimum Gasteiger partial charge on any atom is -0.375 e. The Morgan fingerprint density at radius 2 is 1.88 bits per heavy atom. The predicted molar refractivity (Wildman–Crippen MR) is 90.1 cm³/mol. The molecule has 4 rings (SSSR count). The van der Waals surface area contributed by atoms with E-state index in [-0.39, 0.29) is 11.7 Å². The number of fused-ring (bicyclic) bond motifs is 1. The van der Waals surface area contributed by atoms with Crippen LogP contribution >= 0.6 is 0 Å². The van der Waals surface area contributed by atoms with Gasteiger partial charge >= 0.3 is 5.69 Å². The van der Waals surface area contributed by atoms with E-state index in [9.17, 15) is 4.79 Å². The van der Waals surface area contributed by atoms with Crippen molar-refractivity contribution in [2.24, 2.45) is 0 Å². The van der Waals surface area contributed by atoms with Crippen LogP contribution in [0.1, 0.15) is 18.8 Å². The quantitative estimate of drug-likeness (QED) is 0.533. The Hall–Kier alpha value is -3.42. The molecule has 0 amide bonds. The molecule has 0 fully saturated rings. The van der Waals surface area contributed by atoms with Crippen molar-refractivity contribution in [3.63, 3.8) is 0 Å². The first-order valence-electron chi connectivity index (χ1n) is 7.53. The zero-order valence-electron chi connectivity index (χ0n) is 12.9. The van der Waals surface area contributed by atoms with Crippen LogP contribution in [0.15, 0.2) is 53.3 Å². The molecule has 1 unspecified atom stereocenters. The second-order valence-corrected chi connectivity index (χ2v) is 5.49. The predicted octanol–water partition coefficient (Wildman–Crippen LogP) is 2.00. The van der Waals surface area contributed by atoms with Crippen molar-refractivity contribution in [1.82, 2.24) is 30.2 Å². The summed E-state index contributed by atoms with van der Waals surface area (Å²) in [6.07, 6.45) is 0. The Balaban J connectivity index is 1.63. The van der Waals surface area contributed by atoms with Crippen molar-refractivity contribution in [1.29, 1.82) is 0 Å². The molecular weight excluding hydrogens is 306 g/mol. The number of benzene rings is 2. The summed E-state index contributed by atoms with van der Waals surface area (Å²) in [7, 11) is 0. The van der Waals surface area contributed by atoms with Crippen LogP contribution in [0, 0.1) is 0 Å². The monoisotopic (exact) mass is 321 g/mol. The summed E-state index contributed by atoms with van der Waals surface area (Å²) in [5, 5.41) is 15.3. The van der Waals surface area contributed by atoms with Gasteiger partial charge in [0.15, 0.2) is 5.82 Å². The number of hydrogen-bond acceptors (Lipinski definition) is 5. The molecule has 120 valence electrons. The zero-order chi connectivity index (χ0) is 16.5. The van der Waals surface area contributed by atoms with Crippen LogP contribution in [0.2, 0.25) is 0 Å². The van der Waals surface area contributed by atoms with Gasteiger partial charge in [0.2, 0.25) is 0 Å². The van der Waals surface area contributed by atoms with Crippen molar-refractivity contribution in [2.45, 2.75) is 13.0 Å². The molecule has 8 heteroatoms. The third-order valence-electron chi connectivity index (χ3n) is 3.78. The number of imidazole rings is 1. The lowest BCUT2D eigenvalue weighted by atomic mass is 10.2. The molecule has 2 heterocycles. The molecular formula is C16H15N7O. The van der Waals surface area contributed by atoms with E-state index in [4.69, 9.17) is 0 Å². The highest BCUT2D eigenvalue weighted by Gasteiger charge is 2.16. The van der Waals surface area contributed by atoms with Crippen LogP contribution in [-0.4, -0.2) is 30.2 Å². The Morgan fingerprint density at radius 3 is 2.71 bits per heavy atom. The molecule has 0 saturated heterocycles. The van der Waals surface area contributed by atoms with Crippen LogP contribution in [-0.2, 0) is 0 Å². The first kappa shape index (κ1) is 14.2. The van der Waals surface area contributed by atoms with Gasteiger partial charge in [-0.2, -0.15) is 4.68 Å². The molecule has 1 atom stereocenters. The van der Waals surface area contributed by atoms with Crippen molar-refractivity contribution < 1.29 is 0 Å². The standard InChI is InChI=1S/C16H15N7O/c1-10(15-20-21-22-23(15)12-5-3-2-4-6-12)17-11-7-8-13-14(9-11)19-16(24)18-13/h2-10,17H,1H3,(H2,18,19,24). The third kappa shape index (κ3) is 2.54. The number of para-hydroxylation sites is 1. The van der Waals surface area contributed by atoms with Crippen molar-refractivity contribution in [3.8, 4) is 5.69 Å². The molecule has 2 aromatic heterocycles. The van der Waals surface area contributed by atoms with E-state index in [2.05, 4.69) is 30.8 Å². The molecule has 0 aliphatic carbocycles. The average Bonchev–Trinajstić information content (AvgIpc) is 3.21. The van der Waals surface area contributed by atoms with Crippen LogP contribution in [0.5, 0.6) is 0 Å². The summed E-state index contributed by atoms with van der Waals surface area (Å²) in [6.45, 7) is 1.98. The van der Waals surface area contributed by atoms with Gasteiger partial charge in [0.05, 0.1) is 22.8 Å². The topological polar surface area (TPSA) is 104 Å². The van der Waals surface area contributed by atoms with Crippen LogP contribution < -0.4 is 11.0 Å². The summed E-state index contributed by atoms with van der Waals surface area (Å²) in [6, 6.07) is 15.2. The van der Waals surface area contributed by atoms with Gasteiger partial charge in [0, 0.05) is 5.69 Å². The van der Waals surface area contributed by atoms with Crippen LogP contribution in [0.3, 0.4) is 0 Å². The first-order chi connectivity index (χ1) is 11.7. The van der Waals surface area contributed by atoms with E-state index in [1.807, 2.05) is 55.5 Å². The third-order valence-corrected chi connectivity index (χ3v) is 3.78. The van der Waals surface area contributed by atoms with E-state index in [1.165, 1.54) is 0 Å². The fourth-order valence-electron chi connectivity index (χ4n) is 2.65. The Labute approximate surface area is 136 Å². The highest BCUT2D eigenvalue weighted by Crippen LogP contribution is 2.21. The number of hydrogen-bond donors (Lipinski definition) is 3. The molecule has 0 aliphatic heterocycles. The molecule has 0 radical (unpaired) electrons. The van der Waals surface area contributed by atoms with E-state index in [0.717, 1.165) is 22.4 Å². The maximum atomic E-state index is 11.3. The lowest BCUT2D eigenvalue weighted by molar-refractivity contribution is 0.719. The molecule has 0 saturated carbocycles. The number of aromatic amines is 2. The Kier molecular flexibility index (Phi) is 3.34. The largest absolute Gasteiger partial charge is 0.375 e. The van der Waals surface area contributed by atoms with Gasteiger partial charge in [-0.25, -0.2) is 4.79 Å². The summed E-state index contributed by atoms with van der Waals surface area (Å²) in [5.41, 5.74) is 3.07. The highest BCUT2D eigenvalue weighted by atomic mass is 16.1. The minimum atomic E-state index is -0.219. The molecule has 0 aliphatic rings. The summed E-state index contributed by atoms with van der Waals surface area (Å²) in [5.74, 6) is 0.698. The number of tetrazole rings is 1. The fraction of sp³-hybridized carbons (Fsp3) is 0.125. The number of H-pyrrole nitrogens is 2. The van der Waals surface area contributed by atoms with Crippen molar-refractivity contribution in [2.75, 3.05) is 5.32 Å². The lowest BCUT2D eigenvalue weighted by Crippen LogP contribution is -2.13. The summed E-state index contributed by atoms with van der Waals surface area (Å²) >= 11 is 0. The minimum absolute atomic E-state index is 0.122. The molecule has 2 aromatic carbocycles. The highest BCUT2D eigenvalue weighted by molar-refractivity contribution is 5.78. The molecule has 0 spiro atoms. The van der Waals surface area contributed by atoms with Gasteiger partial charge in [-0.3, -0.25) is 0 Å². The molecule has 8 nitrogen and oxygen atoms in total. The van der Waals surface area contributed by atoms with Gasteiger partial charge in [-0.1, -0.05) is 18.2 Å². The van der Waals surface area contributed by atoms with Gasteiger partial charge < -0.3 is 15.3 Å². The first-order valence-corrected chi connectivity index (χ1v) is 7.53. The lowest BCUT2D eigenvalue weighted by Gasteiger charge is -2.15. The van der Waals surface area contributed by atoms with Gasteiger partial charge in [-0.05, 0) is 47.7 Å². The van der Waals surface area contributed by atoms with Crippen molar-refractivity contribution >= 4 is 16.7 Å². The zero-order valence-corrected chi connectivity index (χ0v) is 12.9. The molecule has 3 N–H and O–H groups in total. The number of rotatable bonds is 4. The van der Waals surface area contributed by atoms with E-state index in [0.29, 0.717) is 5.82 Å². The Bertz CT molecular complexity index is 1030. The van der Waals surface area contributed by atoms with Gasteiger partial charge in [0.25, 0.3) is 0 Å². The molecule has 0 bridgehead atoms. The molecule has 24 heavy (non-hydrogen) atoms. The van der Waals surface area contributed by atoms with Crippen molar-refractivity contribution in [3.05, 3.63) is 64.8 Å². The van der Waals surface area contributed by atoms with E-state index >= 15 is 0 Å². The maximum absolute atomic E-state index is 11.3.